The van der Waals surface area contributed by atoms with Crippen molar-refractivity contribution in [3.8, 4) is 11.5 Å². The molecule has 0 aliphatic heterocycles. The van der Waals surface area contributed by atoms with Crippen LogP contribution in [0.4, 0.5) is 34.1 Å². The van der Waals surface area contributed by atoms with E-state index in [2.05, 4.69) is 41.7 Å². The van der Waals surface area contributed by atoms with Gasteiger partial charge < -0.3 is 30.7 Å². The molecule has 16 nitrogen and oxygen atoms in total. The lowest BCUT2D eigenvalue weighted by Crippen LogP contribution is -2.32. The van der Waals surface area contributed by atoms with Gasteiger partial charge in [-0.2, -0.15) is 20.5 Å². The number of ketones is 2. The van der Waals surface area contributed by atoms with Gasteiger partial charge in [0.1, 0.15) is 11.5 Å². The van der Waals surface area contributed by atoms with Gasteiger partial charge in [0.15, 0.2) is 11.6 Å². The first-order valence-electron chi connectivity index (χ1n) is 19.8. The Bertz CT molecular complexity index is 2740. The Labute approximate surface area is 409 Å². The van der Waals surface area contributed by atoms with Crippen molar-refractivity contribution >= 4 is 127 Å². The highest BCUT2D eigenvalue weighted by atomic mass is 35.5. The summed E-state index contributed by atoms with van der Waals surface area (Å²) in [6, 6.07) is 19.5. The molecule has 0 fully saturated rings. The number of Topliss-reactive ketones (excluding diaryl/α,β-unsaturated/α-hetero) is 2. The van der Waals surface area contributed by atoms with Gasteiger partial charge in [-0.15, -0.1) is 34.8 Å². The molecule has 0 saturated carbocycles. The second kappa shape index (κ2) is 23.8. The molecular formula is C46H41Cl5N8O8. The highest BCUT2D eigenvalue weighted by molar-refractivity contribution is 6.32. The maximum Gasteiger partial charge on any atom is 0.258 e. The Hall–Kier alpha value is -6.43. The minimum atomic E-state index is -1.64. The number of carbonyl (C=O) groups excluding carboxylic acids is 6. The number of hydrogen-bond donors (Lipinski definition) is 4. The molecule has 5 rings (SSSR count). The summed E-state index contributed by atoms with van der Waals surface area (Å²) < 4.78 is 10.6. The highest BCUT2D eigenvalue weighted by Crippen LogP contribution is 2.32. The molecule has 3 atom stereocenters. The Morgan fingerprint density at radius 1 is 0.567 bits per heavy atom. The molecule has 3 unspecified atom stereocenters. The quantitative estimate of drug-likeness (QED) is 0.0353. The number of carbonyl (C=O) groups is 6. The van der Waals surface area contributed by atoms with E-state index in [-0.39, 0.29) is 55.7 Å². The summed E-state index contributed by atoms with van der Waals surface area (Å²) in [6.07, 6.45) is 0. The lowest BCUT2D eigenvalue weighted by Gasteiger charge is -2.17. The maximum absolute atomic E-state index is 13.5. The fourth-order valence-corrected chi connectivity index (χ4v) is 7.12. The van der Waals surface area contributed by atoms with E-state index in [1.165, 1.54) is 68.8 Å². The van der Waals surface area contributed by atoms with Crippen molar-refractivity contribution < 1.29 is 38.2 Å². The molecule has 348 valence electrons. The van der Waals surface area contributed by atoms with Crippen LogP contribution in [0.25, 0.3) is 0 Å². The Balaban J connectivity index is 1.28. The molecular weight excluding hydrogens is 970 g/mol. The minimum Gasteiger partial charge on any atom is -0.497 e. The van der Waals surface area contributed by atoms with Crippen LogP contribution in [0.15, 0.2) is 111 Å². The summed E-state index contributed by atoms with van der Waals surface area (Å²) in [6.45, 7) is 3.92. The topological polar surface area (TPSA) is 218 Å². The fourth-order valence-electron chi connectivity index (χ4n) is 6.17. The smallest absolute Gasteiger partial charge is 0.258 e. The number of nitrogens with zero attached hydrogens (tertiary/aromatic N) is 4. The molecule has 0 spiro atoms. The summed E-state index contributed by atoms with van der Waals surface area (Å²) in [5.41, 5.74) is 3.32. The number of benzene rings is 5. The van der Waals surface area contributed by atoms with E-state index < -0.39 is 52.7 Å². The van der Waals surface area contributed by atoms with Crippen molar-refractivity contribution in [1.82, 2.24) is 0 Å². The Morgan fingerprint density at radius 2 is 1.01 bits per heavy atom. The van der Waals surface area contributed by atoms with Gasteiger partial charge in [0.05, 0.1) is 31.0 Å². The average molecular weight is 1010 g/mol. The Kier molecular flexibility index (Phi) is 18.3. The van der Waals surface area contributed by atoms with Crippen molar-refractivity contribution in [3.05, 3.63) is 129 Å². The highest BCUT2D eigenvalue weighted by Gasteiger charge is 2.27. The number of methoxy groups -OCH3 is 2. The number of halogens is 5. The first-order chi connectivity index (χ1) is 31.9. The fraction of sp³-hybridized carbons (Fsp3) is 0.217. The third-order valence-electron chi connectivity index (χ3n) is 9.37. The van der Waals surface area contributed by atoms with E-state index in [1.54, 1.807) is 43.3 Å². The number of azo groups is 2. The van der Waals surface area contributed by atoms with Crippen LogP contribution in [0.2, 0.25) is 10.0 Å². The van der Waals surface area contributed by atoms with Crippen LogP contribution in [-0.2, 0) is 30.9 Å². The monoisotopic (exact) mass is 1010 g/mol. The normalized spacial score (nSPS) is 12.5. The number of alkyl halides is 3. The summed E-state index contributed by atoms with van der Waals surface area (Å²) in [4.78, 5) is 78.7. The molecule has 21 heteroatoms. The second-order valence-electron chi connectivity index (χ2n) is 14.6. The molecule has 4 N–H and O–H groups in total. The van der Waals surface area contributed by atoms with Crippen molar-refractivity contribution in [1.29, 1.82) is 0 Å². The molecule has 67 heavy (non-hydrogen) atoms. The first-order valence-corrected chi connectivity index (χ1v) is 22.1. The number of hydrogen-bond acceptors (Lipinski definition) is 12. The van der Waals surface area contributed by atoms with E-state index in [4.69, 9.17) is 67.5 Å². The standard InChI is InChI=1S/C46H41Cl5N8O8/c1-23(49)39-20-32(52-45(64)41(24(2)60)58-56-35-14-28(12-30(50)16-35)43(62)53-33-8-26(21-47)10-37(18-33)66-4)6-7-40(39)55-46(65)42(25(3)61)59-57-36-15-29(13-31(51)17-36)44(63)54-34-9-27(22-48)11-38(19-34)67-5/h6-20,23,41-42H,21-22H2,1-5H3,(H,52,64)(H,53,62)(H,54,63)(H,55,65). The van der Waals surface area contributed by atoms with Gasteiger partial charge in [0.2, 0.25) is 12.1 Å². The van der Waals surface area contributed by atoms with Gasteiger partial charge in [-0.25, -0.2) is 0 Å². The van der Waals surface area contributed by atoms with Gasteiger partial charge >= 0.3 is 0 Å². The molecule has 5 aromatic rings. The van der Waals surface area contributed by atoms with Crippen molar-refractivity contribution in [2.24, 2.45) is 20.5 Å². The summed E-state index contributed by atoms with van der Waals surface area (Å²) in [5, 5.41) is 26.3. The number of ether oxygens (including phenoxy) is 2. The van der Waals surface area contributed by atoms with Crippen LogP contribution in [0.5, 0.6) is 11.5 Å². The van der Waals surface area contributed by atoms with E-state index >= 15 is 0 Å². The third kappa shape index (κ3) is 14.5. The number of anilines is 4. The number of amides is 4. The minimum absolute atomic E-state index is 0.0781. The molecule has 4 amide bonds. The van der Waals surface area contributed by atoms with Crippen molar-refractivity contribution in [3.63, 3.8) is 0 Å². The lowest BCUT2D eigenvalue weighted by molar-refractivity contribution is -0.127. The van der Waals surface area contributed by atoms with Gasteiger partial charge in [-0.3, -0.25) is 28.8 Å². The van der Waals surface area contributed by atoms with Gasteiger partial charge in [-0.05, 0) is 116 Å². The number of nitrogens with one attached hydrogen (secondary N) is 4. The van der Waals surface area contributed by atoms with Crippen LogP contribution in [0, 0.1) is 0 Å². The van der Waals surface area contributed by atoms with Crippen LogP contribution in [0.1, 0.15) is 63.6 Å². The predicted octanol–water partition coefficient (Wildman–Crippen LogP) is 11.7. The first kappa shape index (κ1) is 51.6. The van der Waals surface area contributed by atoms with Gasteiger partial charge in [-0.1, -0.05) is 23.2 Å². The van der Waals surface area contributed by atoms with E-state index in [9.17, 15) is 28.8 Å². The number of rotatable bonds is 19. The third-order valence-corrected chi connectivity index (χ3v) is 10.7. The SMILES string of the molecule is COc1cc(CCl)cc(NC(=O)c2cc(Cl)cc(N=NC(C(C)=O)C(=O)Nc3ccc(NC(=O)C(N=Nc4cc(Cl)cc(C(=O)Nc5cc(CCl)cc(OC)c5)c4)C(C)=O)c(C(C)Cl)c3)c2)c1. The molecule has 0 aromatic heterocycles. The van der Waals surface area contributed by atoms with Crippen LogP contribution >= 0.6 is 58.0 Å². The molecule has 0 radical (unpaired) electrons. The van der Waals surface area contributed by atoms with Crippen molar-refractivity contribution in [2.75, 3.05) is 35.5 Å². The van der Waals surface area contributed by atoms with E-state index in [0.717, 1.165) is 13.8 Å². The molecule has 5 aromatic carbocycles. The van der Waals surface area contributed by atoms with Crippen LogP contribution in [0.3, 0.4) is 0 Å². The Morgan fingerprint density at radius 3 is 1.42 bits per heavy atom. The zero-order valence-electron chi connectivity index (χ0n) is 36.3. The largest absolute Gasteiger partial charge is 0.497 e. The average Bonchev–Trinajstić information content (AvgIpc) is 3.28. The zero-order chi connectivity index (χ0) is 48.9. The van der Waals surface area contributed by atoms with Gasteiger partial charge in [0, 0.05) is 67.8 Å². The van der Waals surface area contributed by atoms with E-state index in [0.29, 0.717) is 39.6 Å². The predicted molar refractivity (Wildman–Crippen MR) is 260 cm³/mol. The second-order valence-corrected chi connectivity index (χ2v) is 16.6. The summed E-state index contributed by atoms with van der Waals surface area (Å²) in [5.74, 6) is -2.76. The maximum atomic E-state index is 13.5. The molecule has 0 heterocycles. The van der Waals surface area contributed by atoms with Crippen LogP contribution < -0.4 is 30.7 Å². The summed E-state index contributed by atoms with van der Waals surface area (Å²) >= 11 is 31.1. The molecule has 0 aliphatic carbocycles. The van der Waals surface area contributed by atoms with Crippen LogP contribution in [-0.4, -0.2) is 61.5 Å². The lowest BCUT2D eigenvalue weighted by atomic mass is 10.1. The molecule has 0 aliphatic rings. The van der Waals surface area contributed by atoms with Gasteiger partial charge in [0.25, 0.3) is 23.6 Å². The zero-order valence-corrected chi connectivity index (χ0v) is 40.0. The van der Waals surface area contributed by atoms with E-state index in [1.807, 2.05) is 0 Å². The molecule has 0 saturated heterocycles. The van der Waals surface area contributed by atoms with Crippen molar-refractivity contribution in [2.45, 2.75) is 50.0 Å². The molecule has 0 bridgehead atoms. The summed E-state index contributed by atoms with van der Waals surface area (Å²) in [7, 11) is 2.97.